The van der Waals surface area contributed by atoms with Crippen molar-refractivity contribution in [1.29, 1.82) is 5.26 Å². The molecule has 2 rings (SSSR count). The van der Waals surface area contributed by atoms with E-state index in [1.807, 2.05) is 0 Å². The van der Waals surface area contributed by atoms with E-state index in [2.05, 4.69) is 12.1 Å². The molecular weight excluding hydrogens is 389 g/mol. The molecule has 21 heavy (non-hydrogen) atoms. The third kappa shape index (κ3) is 14.1. The standard InChI is InChI=1S/2C6H3Cl2.CN.Cu.2Li/c2*7-5-3-1-2-4-6(5)8;1-2;;;/h2*1,3-4H;;;;/q3*-1;3*+1. The van der Waals surface area contributed by atoms with Gasteiger partial charge in [0.15, 0.2) is 0 Å². The molecule has 0 aliphatic heterocycles. The van der Waals surface area contributed by atoms with Crippen LogP contribution in [0.15, 0.2) is 36.4 Å². The summed E-state index contributed by atoms with van der Waals surface area (Å²) in [5, 5.41) is 8.50. The SMILES string of the molecule is Clc1c[c-]ccc1Cl.Clc1c[c-]ccc1Cl.[C-]#N.[Cu+].[Li+].[Li+]. The Morgan fingerprint density at radius 3 is 1.14 bits per heavy atom. The van der Waals surface area contributed by atoms with Gasteiger partial charge < -0.3 is 11.8 Å². The number of rotatable bonds is 0. The monoisotopic (exact) mass is 393 g/mol. The van der Waals surface area contributed by atoms with Crippen molar-refractivity contribution < 1.29 is 54.8 Å². The van der Waals surface area contributed by atoms with Crippen molar-refractivity contribution in [3.05, 3.63) is 75.2 Å². The summed E-state index contributed by atoms with van der Waals surface area (Å²) in [6.45, 7) is 4.75. The fraction of sp³-hybridized carbons (Fsp3) is 0. The Balaban J connectivity index is -0.000000109. The van der Waals surface area contributed by atoms with Gasteiger partial charge in [0.25, 0.3) is 0 Å². The van der Waals surface area contributed by atoms with Crippen LogP contribution >= 0.6 is 46.4 Å². The van der Waals surface area contributed by atoms with E-state index in [0.717, 1.165) is 0 Å². The first-order valence-corrected chi connectivity index (χ1v) is 5.97. The topological polar surface area (TPSA) is 23.8 Å². The third-order valence-electron chi connectivity index (χ3n) is 1.53. The van der Waals surface area contributed by atoms with Crippen LogP contribution in [-0.2, 0) is 17.1 Å². The van der Waals surface area contributed by atoms with Crippen molar-refractivity contribution in [1.82, 2.24) is 0 Å². The van der Waals surface area contributed by atoms with E-state index < -0.39 is 0 Å². The van der Waals surface area contributed by atoms with E-state index in [9.17, 15) is 0 Å². The predicted molar refractivity (Wildman–Crippen MR) is 75.6 cm³/mol. The number of halogens is 4. The number of hydrogen-bond donors (Lipinski definition) is 0. The molecule has 1 nitrogen and oxygen atoms in total. The van der Waals surface area contributed by atoms with Gasteiger partial charge in [0.1, 0.15) is 0 Å². The van der Waals surface area contributed by atoms with Crippen molar-refractivity contribution in [3.8, 4) is 0 Å². The first-order valence-electron chi connectivity index (χ1n) is 4.46. The zero-order valence-corrected chi connectivity index (χ0v) is 15.2. The molecule has 0 atom stereocenters. The second-order valence-electron chi connectivity index (χ2n) is 2.68. The summed E-state index contributed by atoms with van der Waals surface area (Å²) in [5.74, 6) is 0. The Hall–Kier alpha value is 0.804. The van der Waals surface area contributed by atoms with Gasteiger partial charge in [0, 0.05) is 0 Å². The van der Waals surface area contributed by atoms with Crippen LogP contribution in [0.1, 0.15) is 0 Å². The fourth-order valence-corrected chi connectivity index (χ4v) is 1.27. The van der Waals surface area contributed by atoms with Gasteiger partial charge in [0.05, 0.1) is 0 Å². The molecule has 0 aliphatic carbocycles. The first-order chi connectivity index (χ1) is 8.61. The van der Waals surface area contributed by atoms with Crippen molar-refractivity contribution in [3.63, 3.8) is 0 Å². The Labute approximate surface area is 180 Å². The second kappa shape index (κ2) is 18.9. The van der Waals surface area contributed by atoms with Crippen molar-refractivity contribution in [2.45, 2.75) is 0 Å². The van der Waals surface area contributed by atoms with Crippen LogP contribution in [0.4, 0.5) is 0 Å². The minimum Gasteiger partial charge on any atom is -0.512 e. The maximum absolute atomic E-state index is 6.25. The molecule has 0 fully saturated rings. The Bertz CT molecular complexity index is 427. The fourth-order valence-electron chi connectivity index (χ4n) is 0.782. The van der Waals surface area contributed by atoms with Gasteiger partial charge >= 0.3 is 54.8 Å². The molecule has 0 heterocycles. The zero-order chi connectivity index (χ0) is 14.0. The molecule has 0 unspecified atom stereocenters. The molecule has 2 aromatic rings. The number of benzene rings is 2. The van der Waals surface area contributed by atoms with Gasteiger partial charge in [-0.05, 0) is 0 Å². The summed E-state index contributed by atoms with van der Waals surface area (Å²) in [6, 6.07) is 15.7. The van der Waals surface area contributed by atoms with Crippen LogP contribution in [0.3, 0.4) is 0 Å². The summed E-state index contributed by atoms with van der Waals surface area (Å²) < 4.78 is 0. The molecule has 0 radical (unpaired) electrons. The van der Waals surface area contributed by atoms with Gasteiger partial charge in [-0.25, -0.2) is 0 Å². The van der Waals surface area contributed by atoms with Crippen LogP contribution in [0, 0.1) is 24.0 Å². The van der Waals surface area contributed by atoms with Crippen LogP contribution in [-0.4, -0.2) is 0 Å². The normalized spacial score (nSPS) is 7.14. The quantitative estimate of drug-likeness (QED) is 0.444. The van der Waals surface area contributed by atoms with Crippen molar-refractivity contribution in [2.75, 3.05) is 0 Å². The molecule has 0 saturated carbocycles. The number of nitrogens with zero attached hydrogens (tertiary/aromatic N) is 1. The molecule has 0 spiro atoms. The van der Waals surface area contributed by atoms with Crippen LogP contribution in [0.25, 0.3) is 0 Å². The Morgan fingerprint density at radius 1 is 0.714 bits per heavy atom. The van der Waals surface area contributed by atoms with Gasteiger partial charge in [-0.15, -0.1) is 23.2 Å². The Kier molecular flexibility index (Phi) is 26.7. The second-order valence-corrected chi connectivity index (χ2v) is 4.31. The molecule has 104 valence electrons. The largest absolute Gasteiger partial charge is 1.00 e. The summed E-state index contributed by atoms with van der Waals surface area (Å²) in [7, 11) is 0. The van der Waals surface area contributed by atoms with E-state index in [0.29, 0.717) is 20.1 Å². The van der Waals surface area contributed by atoms with E-state index in [1.54, 1.807) is 36.4 Å². The van der Waals surface area contributed by atoms with Gasteiger partial charge in [-0.2, -0.15) is 71.7 Å². The van der Waals surface area contributed by atoms with Crippen LogP contribution < -0.4 is 37.7 Å². The van der Waals surface area contributed by atoms with Crippen molar-refractivity contribution in [2.24, 2.45) is 0 Å². The van der Waals surface area contributed by atoms with Gasteiger partial charge in [-0.3, -0.25) is 0 Å². The van der Waals surface area contributed by atoms with Crippen molar-refractivity contribution >= 4 is 46.4 Å². The maximum atomic E-state index is 6.25. The van der Waals surface area contributed by atoms with Crippen LogP contribution in [0.2, 0.25) is 20.1 Å². The average molecular weight is 395 g/mol. The zero-order valence-electron chi connectivity index (χ0n) is 11.2. The van der Waals surface area contributed by atoms with Gasteiger partial charge in [-0.1, -0.05) is 20.1 Å². The summed E-state index contributed by atoms with van der Waals surface area (Å²) in [4.78, 5) is 0. The van der Waals surface area contributed by atoms with Gasteiger partial charge in [0.2, 0.25) is 0 Å². The average Bonchev–Trinajstić information content (AvgIpc) is 2.40. The molecule has 0 saturated heterocycles. The molecule has 2 aromatic carbocycles. The predicted octanol–water partition coefficient (Wildman–Crippen LogP) is -0.311. The molecule has 8 heteroatoms. The first kappa shape index (κ1) is 29.8. The minimum absolute atomic E-state index is 0. The molecule has 0 amide bonds. The number of hydrogen-bond acceptors (Lipinski definition) is 1. The Morgan fingerprint density at radius 2 is 1.00 bits per heavy atom. The minimum atomic E-state index is 0. The summed E-state index contributed by atoms with van der Waals surface area (Å²) >= 11 is 22.2. The molecule has 0 aromatic heterocycles. The maximum Gasteiger partial charge on any atom is 1.00 e. The molecular formula is C13H6Cl4CuLi2N. The third-order valence-corrected chi connectivity index (χ3v) is 3.01. The van der Waals surface area contributed by atoms with E-state index >= 15 is 0 Å². The summed E-state index contributed by atoms with van der Waals surface area (Å²) in [5.41, 5.74) is 0. The van der Waals surface area contributed by atoms with E-state index in [1.165, 1.54) is 0 Å². The molecule has 0 bridgehead atoms. The smallest absolute Gasteiger partial charge is 0.512 e. The van der Waals surface area contributed by atoms with Crippen LogP contribution in [0.5, 0.6) is 0 Å². The summed E-state index contributed by atoms with van der Waals surface area (Å²) in [6.07, 6.45) is 0. The molecule has 0 aliphatic rings. The van der Waals surface area contributed by atoms with E-state index in [-0.39, 0.29) is 54.8 Å². The molecule has 0 N–H and O–H groups in total. The van der Waals surface area contributed by atoms with E-state index in [4.69, 9.17) is 58.2 Å².